The van der Waals surface area contributed by atoms with Gasteiger partial charge >= 0.3 is 6.36 Å². The van der Waals surface area contributed by atoms with Crippen LogP contribution in [0.3, 0.4) is 0 Å². The Labute approximate surface area is 310 Å². The van der Waals surface area contributed by atoms with Gasteiger partial charge in [-0.05, 0) is 110 Å². The van der Waals surface area contributed by atoms with E-state index in [9.17, 15) is 32.3 Å². The monoisotopic (exact) mass is 744 g/mol. The van der Waals surface area contributed by atoms with Crippen molar-refractivity contribution in [2.24, 2.45) is 18.9 Å². The highest BCUT2D eigenvalue weighted by Gasteiger charge is 2.34. The number of piperidine rings is 3. The number of fused-ring (bicyclic) bond motifs is 1. The second-order valence-corrected chi connectivity index (χ2v) is 14.6. The molecule has 5 heterocycles. The van der Waals surface area contributed by atoms with E-state index in [0.717, 1.165) is 50.1 Å². The van der Waals surface area contributed by atoms with Crippen LogP contribution in [0, 0.1) is 11.8 Å². The van der Waals surface area contributed by atoms with Gasteiger partial charge in [0, 0.05) is 68.0 Å². The summed E-state index contributed by atoms with van der Waals surface area (Å²) in [4.78, 5) is 57.9. The molecule has 2 amide bonds. The summed E-state index contributed by atoms with van der Waals surface area (Å²) < 4.78 is 46.8. The van der Waals surface area contributed by atoms with Crippen LogP contribution < -0.4 is 25.8 Å². The number of hydrogen-bond donors (Lipinski definition) is 2. The third-order valence-electron chi connectivity index (χ3n) is 10.9. The number of ether oxygens (including phenoxy) is 1. The van der Waals surface area contributed by atoms with Crippen LogP contribution in [0.15, 0.2) is 71.9 Å². The molecule has 0 bridgehead atoms. The molecule has 3 aliphatic rings. The molecule has 4 aromatic rings. The van der Waals surface area contributed by atoms with E-state index >= 15 is 0 Å². The zero-order valence-corrected chi connectivity index (χ0v) is 30.0. The zero-order valence-electron chi connectivity index (χ0n) is 30.0. The summed E-state index contributed by atoms with van der Waals surface area (Å²) in [7, 11) is 1.60. The van der Waals surface area contributed by atoms with Crippen molar-refractivity contribution in [3.63, 3.8) is 0 Å². The minimum absolute atomic E-state index is 0.0200. The Morgan fingerprint density at radius 1 is 0.944 bits per heavy atom. The molecule has 3 fully saturated rings. The Balaban J connectivity index is 0.909. The maximum absolute atomic E-state index is 13.6. The summed E-state index contributed by atoms with van der Waals surface area (Å²) in [5.74, 6) is -0.461. The van der Waals surface area contributed by atoms with Crippen LogP contribution in [0.1, 0.15) is 44.1 Å². The number of amides is 2. The van der Waals surface area contributed by atoms with Gasteiger partial charge in [-0.2, -0.15) is 0 Å². The number of carbonyl (C=O) groups is 3. The fourth-order valence-corrected chi connectivity index (χ4v) is 7.92. The predicted molar refractivity (Wildman–Crippen MR) is 198 cm³/mol. The van der Waals surface area contributed by atoms with Crippen LogP contribution in [-0.2, 0) is 27.9 Å². The summed E-state index contributed by atoms with van der Waals surface area (Å²) in [5, 5.41) is 6.52. The van der Waals surface area contributed by atoms with Crippen LogP contribution in [0.5, 0.6) is 5.75 Å². The highest BCUT2D eigenvalue weighted by atomic mass is 19.4. The van der Waals surface area contributed by atoms with Gasteiger partial charge in [-0.3, -0.25) is 34.4 Å². The first-order valence-corrected chi connectivity index (χ1v) is 18.4. The van der Waals surface area contributed by atoms with Crippen molar-refractivity contribution in [3.05, 3.63) is 83.0 Å². The molecule has 2 aromatic carbocycles. The van der Waals surface area contributed by atoms with Crippen LogP contribution >= 0.6 is 0 Å². The number of pyridine rings is 2. The number of likely N-dealkylation sites (tertiary alicyclic amines) is 1. The van der Waals surface area contributed by atoms with Gasteiger partial charge in [0.1, 0.15) is 17.6 Å². The van der Waals surface area contributed by atoms with Gasteiger partial charge in [-0.25, -0.2) is 0 Å². The molecular weight excluding hydrogens is 701 g/mol. The lowest BCUT2D eigenvalue weighted by atomic mass is 9.88. The molecule has 0 aliphatic carbocycles. The van der Waals surface area contributed by atoms with E-state index in [1.54, 1.807) is 37.6 Å². The van der Waals surface area contributed by atoms with Crippen molar-refractivity contribution in [1.82, 2.24) is 19.8 Å². The molecule has 1 unspecified atom stereocenters. The summed E-state index contributed by atoms with van der Waals surface area (Å²) in [5.41, 5.74) is 3.18. The molecule has 11 nitrogen and oxygen atoms in total. The number of alkyl halides is 3. The van der Waals surface area contributed by atoms with Crippen molar-refractivity contribution in [2.45, 2.75) is 57.3 Å². The summed E-state index contributed by atoms with van der Waals surface area (Å²) in [6, 6.07) is 13.9. The van der Waals surface area contributed by atoms with E-state index < -0.39 is 12.4 Å². The van der Waals surface area contributed by atoms with Crippen molar-refractivity contribution < 1.29 is 32.3 Å². The van der Waals surface area contributed by atoms with E-state index in [0.29, 0.717) is 66.4 Å². The number of rotatable bonds is 10. The first-order valence-electron chi connectivity index (χ1n) is 18.4. The fraction of sp³-hybridized carbons (Fsp3) is 0.425. The number of aromatic nitrogens is 2. The van der Waals surface area contributed by atoms with Crippen LogP contribution in [-0.4, -0.2) is 77.2 Å². The van der Waals surface area contributed by atoms with Gasteiger partial charge in [-0.1, -0.05) is 12.1 Å². The second kappa shape index (κ2) is 15.6. The van der Waals surface area contributed by atoms with E-state index in [1.165, 1.54) is 16.8 Å². The fourth-order valence-electron chi connectivity index (χ4n) is 7.92. The van der Waals surface area contributed by atoms with Gasteiger partial charge < -0.3 is 19.5 Å². The van der Waals surface area contributed by atoms with Crippen molar-refractivity contribution in [2.75, 3.05) is 42.9 Å². The Hall–Kier alpha value is -5.24. The number of benzene rings is 2. The standard InChI is InChI=1S/C40H43F3N6O5/c1-47-23-33(31-10-15-44-22-32(31)39(47)53)27-2-3-28(36(21-27)54-40(41,42)43)20-25-11-16-48(17-12-25)24-35(50)26-13-18-49(19-14-26)30-6-4-29(5-7-30)45-34-8-9-37(51)46-38(34)52/h2-7,10,15,21-23,25-26,34,45H,8-9,11-14,16-20,24H2,1H3,(H,46,51,52). The Kier molecular flexibility index (Phi) is 10.7. The Bertz CT molecular complexity index is 2090. The molecule has 0 spiro atoms. The molecule has 1 atom stereocenters. The predicted octanol–water partition coefficient (Wildman–Crippen LogP) is 5.46. The number of nitrogens with one attached hydrogen (secondary N) is 2. The number of anilines is 2. The number of Topliss-reactive ketones (excluding diaryl/α,β-unsaturated/α-hetero) is 1. The van der Waals surface area contributed by atoms with Crippen molar-refractivity contribution in [1.29, 1.82) is 0 Å². The molecule has 2 aromatic heterocycles. The van der Waals surface area contributed by atoms with Gasteiger partial charge in [0.15, 0.2) is 0 Å². The molecule has 284 valence electrons. The molecule has 14 heteroatoms. The molecule has 0 saturated carbocycles. The van der Waals surface area contributed by atoms with Gasteiger partial charge in [0.2, 0.25) is 11.8 Å². The third kappa shape index (κ3) is 8.59. The molecule has 3 aliphatic heterocycles. The lowest BCUT2D eigenvalue weighted by Crippen LogP contribution is -2.47. The smallest absolute Gasteiger partial charge is 0.405 e. The summed E-state index contributed by atoms with van der Waals surface area (Å²) in [6.07, 6.45) is 3.96. The molecule has 54 heavy (non-hydrogen) atoms. The lowest BCUT2D eigenvalue weighted by molar-refractivity contribution is -0.274. The largest absolute Gasteiger partial charge is 0.573 e. The number of hydrogen-bond acceptors (Lipinski definition) is 9. The van der Waals surface area contributed by atoms with E-state index in [-0.39, 0.29) is 40.7 Å². The van der Waals surface area contributed by atoms with E-state index in [2.05, 4.69) is 30.2 Å². The topological polar surface area (TPSA) is 126 Å². The quantitative estimate of drug-likeness (QED) is 0.204. The average Bonchev–Trinajstić information content (AvgIpc) is 3.15. The Morgan fingerprint density at radius 3 is 2.39 bits per heavy atom. The second-order valence-electron chi connectivity index (χ2n) is 14.6. The number of nitrogens with zero attached hydrogens (tertiary/aromatic N) is 4. The number of aryl methyl sites for hydroxylation is 1. The highest BCUT2D eigenvalue weighted by molar-refractivity contribution is 6.01. The van der Waals surface area contributed by atoms with Crippen LogP contribution in [0.4, 0.5) is 24.5 Å². The van der Waals surface area contributed by atoms with Gasteiger partial charge in [0.05, 0.1) is 11.9 Å². The molecular formula is C40H43F3N6O5. The SMILES string of the molecule is Cn1cc(-c2ccc(CC3CCN(CC(=O)C4CCN(c5ccc(NC6CCC(=O)NC6=O)cc5)CC4)CC3)c(OC(F)(F)F)c2)c2ccncc2c1=O. The minimum Gasteiger partial charge on any atom is -0.405 e. The molecule has 2 N–H and O–H groups in total. The van der Waals surface area contributed by atoms with Gasteiger partial charge in [0.25, 0.3) is 5.56 Å². The molecule has 0 radical (unpaired) electrons. The third-order valence-corrected chi connectivity index (χ3v) is 10.9. The molecule has 3 saturated heterocycles. The first-order chi connectivity index (χ1) is 25.9. The maximum Gasteiger partial charge on any atom is 0.573 e. The first kappa shape index (κ1) is 37.1. The van der Waals surface area contributed by atoms with Crippen LogP contribution in [0.25, 0.3) is 21.9 Å². The van der Waals surface area contributed by atoms with Gasteiger partial charge in [-0.15, -0.1) is 13.2 Å². The Morgan fingerprint density at radius 2 is 1.69 bits per heavy atom. The number of halogens is 3. The maximum atomic E-state index is 13.6. The number of imide groups is 1. The number of carbonyl (C=O) groups excluding carboxylic acids is 3. The van der Waals surface area contributed by atoms with E-state index in [1.807, 2.05) is 24.3 Å². The summed E-state index contributed by atoms with van der Waals surface area (Å²) >= 11 is 0. The van der Waals surface area contributed by atoms with Crippen LogP contribution in [0.2, 0.25) is 0 Å². The normalized spacial score (nSPS) is 19.2. The van der Waals surface area contributed by atoms with Crippen molar-refractivity contribution in [3.8, 4) is 16.9 Å². The highest BCUT2D eigenvalue weighted by Crippen LogP contribution is 2.36. The summed E-state index contributed by atoms with van der Waals surface area (Å²) in [6.45, 7) is 3.28. The minimum atomic E-state index is -4.87. The average molecular weight is 745 g/mol. The lowest BCUT2D eigenvalue weighted by Gasteiger charge is -2.35. The van der Waals surface area contributed by atoms with Crippen molar-refractivity contribution >= 4 is 39.7 Å². The van der Waals surface area contributed by atoms with E-state index in [4.69, 9.17) is 0 Å². The zero-order chi connectivity index (χ0) is 38.0. The molecule has 7 rings (SSSR count). The number of ketones is 1.